The highest BCUT2D eigenvalue weighted by Gasteiger charge is 1.70. The molecule has 42 valence electrons. The average Bonchev–Trinajstić information content (AvgIpc) is 1.61. The lowest BCUT2D eigenvalue weighted by molar-refractivity contribution is 0.340. The Labute approximate surface area is 44.1 Å². The van der Waals surface area contributed by atoms with E-state index in [4.69, 9.17) is 5.11 Å². The normalized spacial score (nSPS) is 10.1. The number of aliphatic hydroxyl groups is 1. The number of hydrogen-bond acceptors (Lipinski definition) is 2. The summed E-state index contributed by atoms with van der Waals surface area (Å²) in [6.45, 7) is 0.123. The molecule has 0 saturated heterocycles. The highest BCUT2D eigenvalue weighted by molar-refractivity contribution is 4.77. The third kappa shape index (κ3) is 5.50. The van der Waals surface area contributed by atoms with Crippen LogP contribution in [0.15, 0.2) is 12.3 Å². The predicted molar refractivity (Wildman–Crippen MR) is 29.9 cm³/mol. The fourth-order valence-corrected chi connectivity index (χ4v) is 0.258. The van der Waals surface area contributed by atoms with Crippen molar-refractivity contribution in [3.8, 4) is 0 Å². The van der Waals surface area contributed by atoms with Gasteiger partial charge in [0.25, 0.3) is 0 Å². The third-order valence-electron chi connectivity index (χ3n) is 0.509. The summed E-state index contributed by atoms with van der Waals surface area (Å²) in [5, 5.41) is 8.20. The molecular formula is C5H11NO. The topological polar surface area (TPSA) is 23.5 Å². The summed E-state index contributed by atoms with van der Waals surface area (Å²) >= 11 is 0. The SMILES string of the molecule is CN(C)/C=C\CO. The van der Waals surface area contributed by atoms with Crippen molar-refractivity contribution in [3.63, 3.8) is 0 Å². The van der Waals surface area contributed by atoms with Gasteiger partial charge in [0.2, 0.25) is 0 Å². The van der Waals surface area contributed by atoms with Gasteiger partial charge in [-0.2, -0.15) is 0 Å². The van der Waals surface area contributed by atoms with Gasteiger partial charge in [-0.1, -0.05) is 0 Å². The van der Waals surface area contributed by atoms with Crippen molar-refractivity contribution in [1.82, 2.24) is 4.90 Å². The lowest BCUT2D eigenvalue weighted by Crippen LogP contribution is -2.00. The monoisotopic (exact) mass is 101 g/mol. The van der Waals surface area contributed by atoms with Gasteiger partial charge in [0, 0.05) is 14.1 Å². The quantitative estimate of drug-likeness (QED) is 0.531. The van der Waals surface area contributed by atoms with Gasteiger partial charge in [-0.3, -0.25) is 0 Å². The first-order valence-electron chi connectivity index (χ1n) is 2.21. The summed E-state index contributed by atoms with van der Waals surface area (Å²) in [6.07, 6.45) is 3.49. The molecule has 7 heavy (non-hydrogen) atoms. The summed E-state index contributed by atoms with van der Waals surface area (Å²) in [6, 6.07) is 0. The highest BCUT2D eigenvalue weighted by Crippen LogP contribution is 1.73. The van der Waals surface area contributed by atoms with Gasteiger partial charge in [-0.05, 0) is 12.3 Å². The van der Waals surface area contributed by atoms with Gasteiger partial charge in [0.15, 0.2) is 0 Å². The average molecular weight is 101 g/mol. The lowest BCUT2D eigenvalue weighted by Gasteiger charge is -2.00. The number of hydrogen-bond donors (Lipinski definition) is 1. The molecule has 0 spiro atoms. The van der Waals surface area contributed by atoms with Crippen molar-refractivity contribution in [3.05, 3.63) is 12.3 Å². The molecule has 0 saturated carbocycles. The zero-order chi connectivity index (χ0) is 5.70. The van der Waals surface area contributed by atoms with Gasteiger partial charge in [0.1, 0.15) is 0 Å². The molecule has 0 aliphatic carbocycles. The van der Waals surface area contributed by atoms with E-state index in [0.29, 0.717) is 0 Å². The van der Waals surface area contributed by atoms with Crippen molar-refractivity contribution in [2.45, 2.75) is 0 Å². The maximum absolute atomic E-state index is 8.20. The van der Waals surface area contributed by atoms with Crippen LogP contribution in [0.25, 0.3) is 0 Å². The van der Waals surface area contributed by atoms with Crippen molar-refractivity contribution in [2.24, 2.45) is 0 Å². The molecule has 0 radical (unpaired) electrons. The largest absolute Gasteiger partial charge is 0.392 e. The van der Waals surface area contributed by atoms with E-state index in [1.165, 1.54) is 0 Å². The molecule has 0 aliphatic heterocycles. The van der Waals surface area contributed by atoms with E-state index < -0.39 is 0 Å². The van der Waals surface area contributed by atoms with Crippen LogP contribution >= 0.6 is 0 Å². The molecule has 0 bridgehead atoms. The molecule has 0 fully saturated rings. The summed E-state index contributed by atoms with van der Waals surface area (Å²) in [4.78, 5) is 1.87. The molecule has 2 nitrogen and oxygen atoms in total. The van der Waals surface area contributed by atoms with Crippen LogP contribution in [0.4, 0.5) is 0 Å². The van der Waals surface area contributed by atoms with Gasteiger partial charge in [-0.25, -0.2) is 0 Å². The lowest BCUT2D eigenvalue weighted by atomic mass is 10.6. The van der Waals surface area contributed by atoms with Gasteiger partial charge >= 0.3 is 0 Å². The second-order valence-electron chi connectivity index (χ2n) is 1.53. The zero-order valence-electron chi connectivity index (χ0n) is 4.76. The minimum atomic E-state index is 0.123. The molecular weight excluding hydrogens is 90.1 g/mol. The number of rotatable bonds is 2. The van der Waals surface area contributed by atoms with E-state index in [1.807, 2.05) is 19.0 Å². The van der Waals surface area contributed by atoms with Gasteiger partial charge < -0.3 is 10.0 Å². The van der Waals surface area contributed by atoms with Gasteiger partial charge in [0.05, 0.1) is 6.61 Å². The van der Waals surface area contributed by atoms with Crippen LogP contribution < -0.4 is 0 Å². The summed E-state index contributed by atoms with van der Waals surface area (Å²) in [7, 11) is 3.82. The van der Waals surface area contributed by atoms with Crippen molar-refractivity contribution in [1.29, 1.82) is 0 Å². The molecule has 0 unspecified atom stereocenters. The molecule has 0 aliphatic rings. The Bertz CT molecular complexity index is 59.1. The molecule has 0 aromatic heterocycles. The van der Waals surface area contributed by atoms with Crippen LogP contribution in [0.1, 0.15) is 0 Å². The molecule has 0 aromatic carbocycles. The van der Waals surface area contributed by atoms with E-state index in [9.17, 15) is 0 Å². The maximum Gasteiger partial charge on any atom is 0.0629 e. The zero-order valence-corrected chi connectivity index (χ0v) is 4.76. The summed E-state index contributed by atoms with van der Waals surface area (Å²) < 4.78 is 0. The van der Waals surface area contributed by atoms with Crippen molar-refractivity contribution in [2.75, 3.05) is 20.7 Å². The molecule has 0 rings (SSSR count). The van der Waals surface area contributed by atoms with E-state index in [0.717, 1.165) is 0 Å². The highest BCUT2D eigenvalue weighted by atomic mass is 16.2. The molecule has 0 amide bonds. The fraction of sp³-hybridized carbons (Fsp3) is 0.600. The van der Waals surface area contributed by atoms with Crippen LogP contribution in [-0.2, 0) is 0 Å². The maximum atomic E-state index is 8.20. The minimum Gasteiger partial charge on any atom is -0.392 e. The third-order valence-corrected chi connectivity index (χ3v) is 0.509. The van der Waals surface area contributed by atoms with Crippen LogP contribution in [-0.4, -0.2) is 30.7 Å². The second-order valence-corrected chi connectivity index (χ2v) is 1.53. The summed E-state index contributed by atoms with van der Waals surface area (Å²) in [5.74, 6) is 0. The first kappa shape index (κ1) is 6.50. The Kier molecular flexibility index (Phi) is 3.42. The Hall–Kier alpha value is -0.500. The Morgan fingerprint density at radius 2 is 2.14 bits per heavy atom. The minimum absolute atomic E-state index is 0.123. The van der Waals surface area contributed by atoms with Crippen LogP contribution in [0.5, 0.6) is 0 Å². The number of aliphatic hydroxyl groups excluding tert-OH is 1. The molecule has 0 aromatic rings. The summed E-state index contributed by atoms with van der Waals surface area (Å²) in [5.41, 5.74) is 0. The molecule has 0 atom stereocenters. The Morgan fingerprint density at radius 1 is 1.57 bits per heavy atom. The van der Waals surface area contributed by atoms with E-state index in [-0.39, 0.29) is 6.61 Å². The van der Waals surface area contributed by atoms with Crippen molar-refractivity contribution < 1.29 is 5.11 Å². The standard InChI is InChI=1S/C5H11NO/c1-6(2)4-3-5-7/h3-4,7H,5H2,1-2H3/b4-3-. The van der Waals surface area contributed by atoms with Gasteiger partial charge in [-0.15, -0.1) is 0 Å². The van der Waals surface area contributed by atoms with E-state index in [1.54, 1.807) is 12.3 Å². The Morgan fingerprint density at radius 3 is 2.29 bits per heavy atom. The van der Waals surface area contributed by atoms with E-state index >= 15 is 0 Å². The van der Waals surface area contributed by atoms with E-state index in [2.05, 4.69) is 0 Å². The van der Waals surface area contributed by atoms with Crippen molar-refractivity contribution >= 4 is 0 Å². The number of nitrogens with zero attached hydrogens (tertiary/aromatic N) is 1. The van der Waals surface area contributed by atoms with Crippen LogP contribution in [0.2, 0.25) is 0 Å². The predicted octanol–water partition coefficient (Wildman–Crippen LogP) is 0.0540. The fourth-order valence-electron chi connectivity index (χ4n) is 0.258. The first-order chi connectivity index (χ1) is 3.27. The first-order valence-corrected chi connectivity index (χ1v) is 2.21. The Balaban J connectivity index is 3.08. The smallest absolute Gasteiger partial charge is 0.0629 e. The van der Waals surface area contributed by atoms with Crippen LogP contribution in [0.3, 0.4) is 0 Å². The molecule has 0 heterocycles. The second kappa shape index (κ2) is 3.68. The molecule has 1 N–H and O–H groups in total. The molecule has 2 heteroatoms. The van der Waals surface area contributed by atoms with Crippen LogP contribution in [0, 0.1) is 0 Å².